The fourth-order valence-corrected chi connectivity index (χ4v) is 3.52. The maximum atomic E-state index is 14.8. The SMILES string of the molecule is CN(CCCC(=O)OCC1CC1)c1c(F)cc(-c2occc2COCC2CC2)cc1F. The lowest BCUT2D eigenvalue weighted by Gasteiger charge is -2.21. The lowest BCUT2D eigenvalue weighted by molar-refractivity contribution is -0.144. The Kier molecular flexibility index (Phi) is 6.90. The van der Waals surface area contributed by atoms with Crippen molar-refractivity contribution >= 4 is 11.7 Å². The van der Waals surface area contributed by atoms with Gasteiger partial charge in [-0.05, 0) is 62.1 Å². The first-order valence-corrected chi connectivity index (χ1v) is 11.0. The molecule has 0 aliphatic heterocycles. The Labute approximate surface area is 181 Å². The van der Waals surface area contributed by atoms with E-state index in [1.807, 2.05) is 0 Å². The first-order chi connectivity index (χ1) is 15.0. The molecule has 5 nitrogen and oxygen atoms in total. The number of rotatable bonds is 12. The molecule has 31 heavy (non-hydrogen) atoms. The molecule has 2 fully saturated rings. The van der Waals surface area contributed by atoms with Crippen LogP contribution in [-0.4, -0.2) is 32.8 Å². The smallest absolute Gasteiger partial charge is 0.305 e. The first kappa shape index (κ1) is 21.8. The molecular formula is C24H29F2NO4. The molecule has 1 aromatic carbocycles. The summed E-state index contributed by atoms with van der Waals surface area (Å²) >= 11 is 0. The molecule has 7 heteroatoms. The number of carbonyl (C=O) groups is 1. The van der Waals surface area contributed by atoms with E-state index in [4.69, 9.17) is 13.9 Å². The predicted octanol–water partition coefficient (Wildman–Crippen LogP) is 5.32. The van der Waals surface area contributed by atoms with E-state index in [1.165, 1.54) is 36.1 Å². The summed E-state index contributed by atoms with van der Waals surface area (Å²) in [5, 5.41) is 0. The number of anilines is 1. The Morgan fingerprint density at radius 1 is 1.13 bits per heavy atom. The molecule has 1 heterocycles. The molecule has 2 saturated carbocycles. The van der Waals surface area contributed by atoms with E-state index in [9.17, 15) is 13.6 Å². The zero-order valence-electron chi connectivity index (χ0n) is 17.9. The number of halogens is 2. The van der Waals surface area contributed by atoms with Crippen LogP contribution in [0.15, 0.2) is 28.9 Å². The van der Waals surface area contributed by atoms with Crippen LogP contribution in [0.5, 0.6) is 0 Å². The first-order valence-electron chi connectivity index (χ1n) is 11.0. The van der Waals surface area contributed by atoms with Crippen molar-refractivity contribution in [2.45, 2.75) is 45.1 Å². The zero-order chi connectivity index (χ0) is 21.8. The van der Waals surface area contributed by atoms with E-state index in [0.717, 1.165) is 18.4 Å². The van der Waals surface area contributed by atoms with Crippen LogP contribution in [0.1, 0.15) is 44.1 Å². The Balaban J connectivity index is 1.34. The van der Waals surface area contributed by atoms with E-state index < -0.39 is 11.6 Å². The van der Waals surface area contributed by atoms with E-state index in [1.54, 1.807) is 13.1 Å². The number of hydrogen-bond acceptors (Lipinski definition) is 5. The van der Waals surface area contributed by atoms with Crippen LogP contribution in [0.2, 0.25) is 0 Å². The summed E-state index contributed by atoms with van der Waals surface area (Å²) in [6.07, 6.45) is 6.84. The van der Waals surface area contributed by atoms with Gasteiger partial charge in [0, 0.05) is 37.7 Å². The van der Waals surface area contributed by atoms with E-state index in [-0.39, 0.29) is 18.1 Å². The van der Waals surface area contributed by atoms with Crippen molar-refractivity contribution in [2.24, 2.45) is 11.8 Å². The minimum absolute atomic E-state index is 0.117. The second-order valence-corrected chi connectivity index (χ2v) is 8.67. The van der Waals surface area contributed by atoms with E-state index in [0.29, 0.717) is 55.9 Å². The van der Waals surface area contributed by atoms with Gasteiger partial charge in [-0.1, -0.05) is 0 Å². The highest BCUT2D eigenvalue weighted by Crippen LogP contribution is 2.33. The fraction of sp³-hybridized carbons (Fsp3) is 0.542. The molecule has 2 aliphatic carbocycles. The fourth-order valence-electron chi connectivity index (χ4n) is 3.52. The molecule has 0 amide bonds. The summed E-state index contributed by atoms with van der Waals surface area (Å²) in [5.41, 5.74) is 0.990. The highest BCUT2D eigenvalue weighted by atomic mass is 19.1. The molecule has 0 N–H and O–H groups in total. The van der Waals surface area contributed by atoms with Gasteiger partial charge in [0.05, 0.1) is 19.5 Å². The number of hydrogen-bond donors (Lipinski definition) is 0. The lowest BCUT2D eigenvalue weighted by Crippen LogP contribution is -2.22. The van der Waals surface area contributed by atoms with Crippen molar-refractivity contribution in [1.29, 1.82) is 0 Å². The van der Waals surface area contributed by atoms with E-state index in [2.05, 4.69) is 0 Å². The number of esters is 1. The van der Waals surface area contributed by atoms with Crippen LogP contribution in [0, 0.1) is 23.5 Å². The third-order valence-corrected chi connectivity index (χ3v) is 5.77. The zero-order valence-corrected chi connectivity index (χ0v) is 17.9. The molecule has 0 saturated heterocycles. The van der Waals surface area contributed by atoms with Crippen molar-refractivity contribution in [1.82, 2.24) is 0 Å². The molecule has 0 spiro atoms. The summed E-state index contributed by atoms with van der Waals surface area (Å²) in [5.74, 6) is -0.0231. The second kappa shape index (κ2) is 9.81. The van der Waals surface area contributed by atoms with Crippen molar-refractivity contribution < 1.29 is 27.5 Å². The Morgan fingerprint density at radius 2 is 1.81 bits per heavy atom. The third kappa shape index (κ3) is 6.06. The molecule has 0 radical (unpaired) electrons. The summed E-state index contributed by atoms with van der Waals surface area (Å²) in [6.45, 7) is 1.88. The van der Waals surface area contributed by atoms with Crippen LogP contribution in [0.3, 0.4) is 0 Å². The van der Waals surface area contributed by atoms with Crippen molar-refractivity contribution in [3.05, 3.63) is 41.7 Å². The third-order valence-electron chi connectivity index (χ3n) is 5.77. The Morgan fingerprint density at radius 3 is 2.48 bits per heavy atom. The van der Waals surface area contributed by atoms with Crippen molar-refractivity contribution in [3.63, 3.8) is 0 Å². The van der Waals surface area contributed by atoms with Crippen LogP contribution in [-0.2, 0) is 20.9 Å². The van der Waals surface area contributed by atoms with Gasteiger partial charge in [0.1, 0.15) is 23.1 Å². The molecular weight excluding hydrogens is 404 g/mol. The van der Waals surface area contributed by atoms with Crippen LogP contribution in [0.25, 0.3) is 11.3 Å². The second-order valence-electron chi connectivity index (χ2n) is 8.67. The van der Waals surface area contributed by atoms with Gasteiger partial charge in [0.15, 0.2) is 0 Å². The van der Waals surface area contributed by atoms with Gasteiger partial charge in [-0.2, -0.15) is 0 Å². The van der Waals surface area contributed by atoms with Crippen molar-refractivity contribution in [2.75, 3.05) is 31.7 Å². The van der Waals surface area contributed by atoms with Crippen LogP contribution in [0.4, 0.5) is 14.5 Å². The van der Waals surface area contributed by atoms with Gasteiger partial charge >= 0.3 is 5.97 Å². The van der Waals surface area contributed by atoms with Gasteiger partial charge in [-0.25, -0.2) is 8.78 Å². The molecule has 2 aliphatic rings. The Hall–Kier alpha value is -2.41. The van der Waals surface area contributed by atoms with Crippen LogP contribution < -0.4 is 4.90 Å². The maximum Gasteiger partial charge on any atom is 0.305 e. The van der Waals surface area contributed by atoms with Crippen LogP contribution >= 0.6 is 0 Å². The number of nitrogens with zero attached hydrogens (tertiary/aromatic N) is 1. The van der Waals surface area contributed by atoms with Gasteiger partial charge in [0.2, 0.25) is 0 Å². The summed E-state index contributed by atoms with van der Waals surface area (Å²) in [4.78, 5) is 13.2. The summed E-state index contributed by atoms with van der Waals surface area (Å²) in [6, 6.07) is 4.32. The molecule has 168 valence electrons. The van der Waals surface area contributed by atoms with Crippen molar-refractivity contribution in [3.8, 4) is 11.3 Å². The monoisotopic (exact) mass is 433 g/mol. The normalized spacial score (nSPS) is 15.8. The number of ether oxygens (including phenoxy) is 2. The number of furan rings is 1. The standard InChI is InChI=1S/C24H29F2NO4/c1-27(9-2-3-22(28)31-14-17-6-7-17)23-20(25)11-19(12-21(23)26)24-18(8-10-30-24)15-29-13-16-4-5-16/h8,10-12,16-17H,2-7,9,13-15H2,1H3. The lowest BCUT2D eigenvalue weighted by atomic mass is 10.1. The van der Waals surface area contributed by atoms with Gasteiger partial charge in [-0.15, -0.1) is 0 Å². The number of carbonyl (C=O) groups excluding carboxylic acids is 1. The average molecular weight is 433 g/mol. The van der Waals surface area contributed by atoms with Gasteiger partial charge < -0.3 is 18.8 Å². The number of benzene rings is 1. The predicted molar refractivity (Wildman–Crippen MR) is 113 cm³/mol. The topological polar surface area (TPSA) is 51.9 Å². The minimum atomic E-state index is -0.671. The summed E-state index contributed by atoms with van der Waals surface area (Å²) < 4.78 is 46.0. The minimum Gasteiger partial charge on any atom is -0.465 e. The molecule has 0 unspecified atom stereocenters. The molecule has 4 rings (SSSR count). The quantitative estimate of drug-likeness (QED) is 0.424. The molecule has 0 atom stereocenters. The van der Waals surface area contributed by atoms with E-state index >= 15 is 0 Å². The highest BCUT2D eigenvalue weighted by Gasteiger charge is 2.24. The average Bonchev–Trinajstić information content (AvgIpc) is 3.65. The maximum absolute atomic E-state index is 14.8. The molecule has 2 aromatic rings. The molecule has 1 aromatic heterocycles. The summed E-state index contributed by atoms with van der Waals surface area (Å²) in [7, 11) is 1.61. The molecule has 0 bridgehead atoms. The highest BCUT2D eigenvalue weighted by molar-refractivity contribution is 5.69. The van der Waals surface area contributed by atoms with Gasteiger partial charge in [-0.3, -0.25) is 4.79 Å². The largest absolute Gasteiger partial charge is 0.465 e. The van der Waals surface area contributed by atoms with Gasteiger partial charge in [0.25, 0.3) is 0 Å². The Bertz CT molecular complexity index is 882.